The van der Waals surface area contributed by atoms with Gasteiger partial charge in [0.2, 0.25) is 0 Å². The van der Waals surface area contributed by atoms with Crippen LogP contribution in [0.15, 0.2) is 47.9 Å². The van der Waals surface area contributed by atoms with Crippen LogP contribution >= 0.6 is 12.4 Å². The number of halogens is 1. The van der Waals surface area contributed by atoms with Gasteiger partial charge in [-0.1, -0.05) is 0 Å². The summed E-state index contributed by atoms with van der Waals surface area (Å²) in [5.41, 5.74) is 0. The Hall–Kier alpha value is -1.10. The van der Waals surface area contributed by atoms with Gasteiger partial charge in [-0.15, -0.1) is 12.4 Å². The Morgan fingerprint density at radius 3 is 2.43 bits per heavy atom. The Labute approximate surface area is 161 Å². The average molecular weight is 372 g/mol. The number of nitrogens with zero attached hydrogens (tertiary/aromatic N) is 2. The second-order valence-electron chi connectivity index (χ2n) is 3.95. The predicted molar refractivity (Wildman–Crippen MR) is 83.5 cm³/mol. The van der Waals surface area contributed by atoms with Crippen molar-refractivity contribution in [3.05, 3.63) is 43.0 Å². The number of hydrogen-bond acceptors (Lipinski definition) is 6. The minimum atomic E-state index is -4.27. The summed E-state index contributed by atoms with van der Waals surface area (Å²) in [6.45, 7) is 0.551. The predicted octanol–water partition coefficient (Wildman–Crippen LogP) is 1.39. The topological polar surface area (TPSA) is 108 Å². The van der Waals surface area contributed by atoms with Crippen molar-refractivity contribution in [1.82, 2.24) is 9.55 Å². The van der Waals surface area contributed by atoms with Crippen molar-refractivity contribution in [3.63, 3.8) is 0 Å². The van der Waals surface area contributed by atoms with Crippen LogP contribution in [-0.4, -0.2) is 64.8 Å². The summed E-state index contributed by atoms with van der Waals surface area (Å²) in [6, 6.07) is 4.70. The van der Waals surface area contributed by atoms with E-state index in [0.29, 0.717) is 6.54 Å². The number of benzene rings is 1. The first-order chi connectivity index (χ1) is 9.95. The molecule has 121 valence electrons. The van der Waals surface area contributed by atoms with Crippen LogP contribution in [0.25, 0.3) is 0 Å². The van der Waals surface area contributed by atoms with E-state index in [2.05, 4.69) is 4.98 Å². The van der Waals surface area contributed by atoms with Crippen molar-refractivity contribution in [2.75, 3.05) is 6.61 Å². The molecule has 2 rings (SSSR count). The third-order valence-electron chi connectivity index (χ3n) is 2.45. The van der Waals surface area contributed by atoms with E-state index in [-0.39, 0.29) is 59.2 Å². The normalized spacial score (nSPS) is 10.1. The molecule has 11 heteroatoms. The minimum Gasteiger partial charge on any atom is -0.432 e. The Kier molecular flexibility index (Phi) is 9.44. The van der Waals surface area contributed by atoms with Crippen molar-refractivity contribution in [1.29, 1.82) is 0 Å². The first-order valence-electron chi connectivity index (χ1n) is 5.83. The maximum atomic E-state index is 11.4. The number of carbonyl (C=O) groups excluding carboxylic acids is 1. The first-order valence-corrected chi connectivity index (χ1v) is 7.27. The molecule has 0 bridgehead atoms. The number of rotatable bonds is 5. The van der Waals surface area contributed by atoms with Gasteiger partial charge in [-0.25, -0.2) is 9.78 Å². The molecule has 0 aliphatic rings. The second-order valence-corrected chi connectivity index (χ2v) is 5.37. The van der Waals surface area contributed by atoms with Gasteiger partial charge in [-0.3, -0.25) is 4.55 Å². The maximum absolute atomic E-state index is 11.4. The van der Waals surface area contributed by atoms with Gasteiger partial charge in [-0.2, -0.15) is 8.42 Å². The van der Waals surface area contributed by atoms with Crippen LogP contribution < -0.4 is 4.74 Å². The van der Waals surface area contributed by atoms with Gasteiger partial charge in [-0.05, 0) is 24.3 Å². The zero-order chi connectivity index (χ0) is 15.3. The van der Waals surface area contributed by atoms with Crippen LogP contribution in [0.2, 0.25) is 0 Å². The largest absolute Gasteiger partial charge is 0.513 e. The van der Waals surface area contributed by atoms with Crippen molar-refractivity contribution in [2.24, 2.45) is 0 Å². The molecule has 1 radical (unpaired) electrons. The minimum absolute atomic E-state index is 0. The molecule has 0 amide bonds. The molecule has 1 N–H and O–H groups in total. The van der Waals surface area contributed by atoms with Gasteiger partial charge < -0.3 is 14.0 Å². The summed E-state index contributed by atoms with van der Waals surface area (Å²) in [6.07, 6.45) is 4.01. The molecule has 0 aliphatic carbocycles. The monoisotopic (exact) mass is 371 g/mol. The fourth-order valence-electron chi connectivity index (χ4n) is 1.46. The Morgan fingerprint density at radius 2 is 1.91 bits per heavy atom. The number of hydrogen-bond donors (Lipinski definition) is 1. The molecule has 1 aromatic carbocycles. The molecule has 0 saturated heterocycles. The molecule has 23 heavy (non-hydrogen) atoms. The van der Waals surface area contributed by atoms with Crippen LogP contribution in [0.1, 0.15) is 0 Å². The molecular formula is C12H13ClN2NaO6S. The van der Waals surface area contributed by atoms with Crippen LogP contribution in [0, 0.1) is 0 Å². The van der Waals surface area contributed by atoms with E-state index in [1.807, 2.05) is 0 Å². The van der Waals surface area contributed by atoms with E-state index in [0.717, 1.165) is 12.1 Å². The van der Waals surface area contributed by atoms with Crippen molar-refractivity contribution < 1.29 is 27.2 Å². The van der Waals surface area contributed by atoms with E-state index in [4.69, 9.17) is 14.0 Å². The fraction of sp³-hybridized carbons (Fsp3) is 0.167. The summed E-state index contributed by atoms with van der Waals surface area (Å²) < 4.78 is 41.9. The van der Waals surface area contributed by atoms with Crippen molar-refractivity contribution >= 4 is 58.2 Å². The van der Waals surface area contributed by atoms with Crippen LogP contribution in [0.5, 0.6) is 5.75 Å². The number of carbonyl (C=O) groups is 1. The van der Waals surface area contributed by atoms with Crippen molar-refractivity contribution in [2.45, 2.75) is 11.4 Å². The van der Waals surface area contributed by atoms with E-state index in [9.17, 15) is 13.2 Å². The molecule has 0 unspecified atom stereocenters. The third kappa shape index (κ3) is 7.34. The SMILES string of the molecule is Cl.O=C(OCCn1ccnc1)Oc1ccc(S(=O)(=O)O)cc1.[Na]. The summed E-state index contributed by atoms with van der Waals surface area (Å²) in [5.74, 6) is 0.107. The third-order valence-corrected chi connectivity index (χ3v) is 3.32. The second kappa shape index (κ2) is 9.91. The summed E-state index contributed by atoms with van der Waals surface area (Å²) in [7, 11) is -4.27. The Balaban J connectivity index is 0.00000242. The van der Waals surface area contributed by atoms with Crippen molar-refractivity contribution in [3.8, 4) is 5.75 Å². The van der Waals surface area contributed by atoms with Crippen LogP contribution in [0.3, 0.4) is 0 Å². The number of aromatic nitrogens is 2. The maximum Gasteiger partial charge on any atom is 0.513 e. The summed E-state index contributed by atoms with van der Waals surface area (Å²) >= 11 is 0. The van der Waals surface area contributed by atoms with Gasteiger partial charge >= 0.3 is 6.16 Å². The quantitative estimate of drug-likeness (QED) is 0.366. The Bertz CT molecular complexity index is 706. The van der Waals surface area contributed by atoms with Gasteiger partial charge in [0.25, 0.3) is 10.1 Å². The fourth-order valence-corrected chi connectivity index (χ4v) is 1.94. The molecule has 1 heterocycles. The summed E-state index contributed by atoms with van der Waals surface area (Å²) in [5, 5.41) is 0. The zero-order valence-corrected chi connectivity index (χ0v) is 15.8. The molecule has 0 fully saturated rings. The van der Waals surface area contributed by atoms with Gasteiger partial charge in [0.1, 0.15) is 12.4 Å². The average Bonchev–Trinajstić information content (AvgIpc) is 2.91. The molecule has 0 atom stereocenters. The molecule has 0 saturated carbocycles. The first kappa shape index (κ1) is 21.9. The van der Waals surface area contributed by atoms with Crippen LogP contribution in [0.4, 0.5) is 4.79 Å². The molecule has 8 nitrogen and oxygen atoms in total. The smallest absolute Gasteiger partial charge is 0.432 e. The van der Waals surface area contributed by atoms with E-state index in [1.165, 1.54) is 12.1 Å². The van der Waals surface area contributed by atoms with Gasteiger partial charge in [0.05, 0.1) is 17.8 Å². The molecule has 1 aromatic heterocycles. The van der Waals surface area contributed by atoms with Crippen LogP contribution in [-0.2, 0) is 21.4 Å². The zero-order valence-electron chi connectivity index (χ0n) is 12.2. The Morgan fingerprint density at radius 1 is 1.26 bits per heavy atom. The molecule has 2 aromatic rings. The van der Waals surface area contributed by atoms with E-state index < -0.39 is 16.3 Å². The van der Waals surface area contributed by atoms with Gasteiger partial charge in [0.15, 0.2) is 0 Å². The van der Waals surface area contributed by atoms with E-state index >= 15 is 0 Å². The van der Waals surface area contributed by atoms with Gasteiger partial charge in [0, 0.05) is 42.0 Å². The van der Waals surface area contributed by atoms with E-state index in [1.54, 1.807) is 23.3 Å². The summed E-state index contributed by atoms with van der Waals surface area (Å²) in [4.78, 5) is 14.9. The standard InChI is InChI=1S/C12H12N2O6S.ClH.Na/c15-12(19-8-7-14-6-5-13-9-14)20-10-1-3-11(4-2-10)21(16,17)18;;/h1-6,9H,7-8H2,(H,16,17,18);1H;. The molecular weight excluding hydrogens is 359 g/mol. The molecule has 0 spiro atoms. The molecule has 0 aliphatic heterocycles. The number of ether oxygens (including phenoxy) is 2. The number of imidazole rings is 1.